The number of hydrogen-bond donors (Lipinski definition) is 1. The van der Waals surface area contributed by atoms with Gasteiger partial charge in [0.15, 0.2) is 0 Å². The average molecular weight is 260 g/mol. The van der Waals surface area contributed by atoms with Crippen molar-refractivity contribution in [1.29, 1.82) is 0 Å². The monoisotopic (exact) mass is 260 g/mol. The summed E-state index contributed by atoms with van der Waals surface area (Å²) in [6, 6.07) is 5.05. The Morgan fingerprint density at radius 3 is 2.95 bits per heavy atom. The van der Waals surface area contributed by atoms with Crippen molar-refractivity contribution in [2.75, 3.05) is 38.5 Å². The lowest BCUT2D eigenvalue weighted by molar-refractivity contribution is 0.215. The predicted molar refractivity (Wildman–Crippen MR) is 78.3 cm³/mol. The molecular weight excluding hydrogens is 236 g/mol. The molecule has 0 saturated carbocycles. The smallest absolute Gasteiger partial charge is 0.125 e. The molecule has 1 N–H and O–H groups in total. The lowest BCUT2D eigenvalue weighted by Gasteiger charge is -2.25. The summed E-state index contributed by atoms with van der Waals surface area (Å²) in [5.41, 5.74) is 1.32. The number of anilines is 1. The van der Waals surface area contributed by atoms with Gasteiger partial charge in [0.05, 0.1) is 0 Å². The summed E-state index contributed by atoms with van der Waals surface area (Å²) in [6.07, 6.45) is 6.08. The summed E-state index contributed by atoms with van der Waals surface area (Å²) in [5.74, 6) is 0.946. The SMILES string of the molecule is CNc1ccc(CN2CCCN3CCCC3C2)cn1. The van der Waals surface area contributed by atoms with Crippen LogP contribution >= 0.6 is 0 Å². The molecule has 3 heterocycles. The Morgan fingerprint density at radius 2 is 2.16 bits per heavy atom. The van der Waals surface area contributed by atoms with Gasteiger partial charge in [-0.1, -0.05) is 6.07 Å². The van der Waals surface area contributed by atoms with Crippen molar-refractivity contribution < 1.29 is 0 Å². The maximum Gasteiger partial charge on any atom is 0.125 e. The van der Waals surface area contributed by atoms with E-state index in [-0.39, 0.29) is 0 Å². The van der Waals surface area contributed by atoms with Crippen molar-refractivity contribution in [2.45, 2.75) is 31.8 Å². The molecule has 0 spiro atoms. The van der Waals surface area contributed by atoms with Gasteiger partial charge < -0.3 is 5.32 Å². The van der Waals surface area contributed by atoms with E-state index >= 15 is 0 Å². The van der Waals surface area contributed by atoms with Crippen molar-refractivity contribution in [2.24, 2.45) is 0 Å². The number of hydrogen-bond acceptors (Lipinski definition) is 4. The Labute approximate surface area is 115 Å². The van der Waals surface area contributed by atoms with Crippen LogP contribution in [0.4, 0.5) is 5.82 Å². The highest BCUT2D eigenvalue weighted by Crippen LogP contribution is 2.22. The summed E-state index contributed by atoms with van der Waals surface area (Å²) in [5, 5.41) is 3.07. The van der Waals surface area contributed by atoms with Crippen LogP contribution < -0.4 is 5.32 Å². The highest BCUT2D eigenvalue weighted by atomic mass is 15.3. The van der Waals surface area contributed by atoms with Gasteiger partial charge in [-0.05, 0) is 50.5 Å². The lowest BCUT2D eigenvalue weighted by Crippen LogP contribution is -2.36. The van der Waals surface area contributed by atoms with Gasteiger partial charge in [0.1, 0.15) is 5.82 Å². The van der Waals surface area contributed by atoms with Crippen molar-refractivity contribution in [1.82, 2.24) is 14.8 Å². The first-order chi connectivity index (χ1) is 9.35. The summed E-state index contributed by atoms with van der Waals surface area (Å²) >= 11 is 0. The van der Waals surface area contributed by atoms with E-state index in [1.54, 1.807) is 0 Å². The standard InChI is InChI=1S/C15H24N4/c1-16-15-6-5-13(10-17-15)11-18-7-3-9-19-8-2-4-14(19)12-18/h5-6,10,14H,2-4,7-9,11-12H2,1H3,(H,16,17). The molecule has 0 aromatic carbocycles. The maximum atomic E-state index is 4.40. The fourth-order valence-electron chi connectivity index (χ4n) is 3.35. The van der Waals surface area contributed by atoms with Crippen LogP contribution in [-0.2, 0) is 6.54 Å². The van der Waals surface area contributed by atoms with Crippen LogP contribution in [0.3, 0.4) is 0 Å². The quantitative estimate of drug-likeness (QED) is 0.898. The number of aromatic nitrogens is 1. The molecule has 1 unspecified atom stereocenters. The van der Waals surface area contributed by atoms with E-state index in [1.165, 1.54) is 51.0 Å². The molecule has 4 heteroatoms. The molecule has 3 rings (SSSR count). The Hall–Kier alpha value is -1.13. The Kier molecular flexibility index (Phi) is 3.99. The van der Waals surface area contributed by atoms with Crippen LogP contribution in [0.2, 0.25) is 0 Å². The fraction of sp³-hybridized carbons (Fsp3) is 0.667. The fourth-order valence-corrected chi connectivity index (χ4v) is 3.35. The molecule has 1 atom stereocenters. The minimum Gasteiger partial charge on any atom is -0.373 e. The highest BCUT2D eigenvalue weighted by Gasteiger charge is 2.28. The van der Waals surface area contributed by atoms with Crippen LogP contribution in [-0.4, -0.2) is 54.1 Å². The van der Waals surface area contributed by atoms with Crippen molar-refractivity contribution in [3.8, 4) is 0 Å². The molecule has 0 radical (unpaired) electrons. The molecule has 1 aromatic heterocycles. The molecule has 19 heavy (non-hydrogen) atoms. The molecule has 0 amide bonds. The number of rotatable bonds is 3. The average Bonchev–Trinajstić information content (AvgIpc) is 2.79. The van der Waals surface area contributed by atoms with Crippen LogP contribution in [0, 0.1) is 0 Å². The largest absolute Gasteiger partial charge is 0.373 e. The molecule has 2 fully saturated rings. The molecule has 0 aliphatic carbocycles. The number of nitrogens with zero attached hydrogens (tertiary/aromatic N) is 3. The Balaban J connectivity index is 1.61. The third-order valence-corrected chi connectivity index (χ3v) is 4.37. The van der Waals surface area contributed by atoms with Crippen LogP contribution in [0.5, 0.6) is 0 Å². The molecular formula is C15H24N4. The van der Waals surface area contributed by atoms with Crippen LogP contribution in [0.1, 0.15) is 24.8 Å². The first-order valence-electron chi connectivity index (χ1n) is 7.44. The Morgan fingerprint density at radius 1 is 1.26 bits per heavy atom. The van der Waals surface area contributed by atoms with Crippen molar-refractivity contribution in [3.05, 3.63) is 23.9 Å². The molecule has 0 bridgehead atoms. The first-order valence-corrected chi connectivity index (χ1v) is 7.44. The lowest BCUT2D eigenvalue weighted by atomic mass is 10.2. The third-order valence-electron chi connectivity index (χ3n) is 4.37. The summed E-state index contributed by atoms with van der Waals surface area (Å²) in [7, 11) is 1.91. The minimum absolute atomic E-state index is 0.798. The number of nitrogens with one attached hydrogen (secondary N) is 1. The zero-order valence-corrected chi connectivity index (χ0v) is 11.8. The molecule has 104 valence electrons. The zero-order valence-electron chi connectivity index (χ0n) is 11.8. The van der Waals surface area contributed by atoms with E-state index in [9.17, 15) is 0 Å². The van der Waals surface area contributed by atoms with Crippen molar-refractivity contribution >= 4 is 5.82 Å². The third kappa shape index (κ3) is 3.07. The number of pyridine rings is 1. The zero-order chi connectivity index (χ0) is 13.1. The summed E-state index contributed by atoms with van der Waals surface area (Å²) < 4.78 is 0. The number of fused-ring (bicyclic) bond motifs is 1. The van der Waals surface area contributed by atoms with E-state index in [4.69, 9.17) is 0 Å². The summed E-state index contributed by atoms with van der Waals surface area (Å²) in [6.45, 7) is 6.10. The van der Waals surface area contributed by atoms with Crippen molar-refractivity contribution in [3.63, 3.8) is 0 Å². The first kappa shape index (κ1) is 12.9. The van der Waals surface area contributed by atoms with E-state index in [1.807, 2.05) is 13.2 Å². The van der Waals surface area contributed by atoms with Gasteiger partial charge in [0, 0.05) is 32.4 Å². The topological polar surface area (TPSA) is 31.4 Å². The Bertz CT molecular complexity index is 403. The van der Waals surface area contributed by atoms with Gasteiger partial charge in [0.2, 0.25) is 0 Å². The second kappa shape index (κ2) is 5.88. The predicted octanol–water partition coefficient (Wildman–Crippen LogP) is 1.79. The van der Waals surface area contributed by atoms with Gasteiger partial charge in [-0.2, -0.15) is 0 Å². The van der Waals surface area contributed by atoms with E-state index in [0.717, 1.165) is 18.4 Å². The molecule has 1 aromatic rings. The van der Waals surface area contributed by atoms with E-state index in [0.29, 0.717) is 0 Å². The normalized spacial score (nSPS) is 25.0. The van der Waals surface area contributed by atoms with Gasteiger partial charge in [-0.15, -0.1) is 0 Å². The molecule has 4 nitrogen and oxygen atoms in total. The maximum absolute atomic E-state index is 4.40. The van der Waals surface area contributed by atoms with Gasteiger partial charge in [0.25, 0.3) is 0 Å². The minimum atomic E-state index is 0.798. The van der Waals surface area contributed by atoms with Gasteiger partial charge in [-0.25, -0.2) is 4.98 Å². The molecule has 2 aliphatic heterocycles. The summed E-state index contributed by atoms with van der Waals surface area (Å²) in [4.78, 5) is 9.69. The van der Waals surface area contributed by atoms with Gasteiger partial charge in [-0.3, -0.25) is 9.80 Å². The van der Waals surface area contributed by atoms with Crippen LogP contribution in [0.25, 0.3) is 0 Å². The molecule has 2 saturated heterocycles. The molecule has 2 aliphatic rings. The highest BCUT2D eigenvalue weighted by molar-refractivity contribution is 5.34. The van der Waals surface area contributed by atoms with Crippen LogP contribution in [0.15, 0.2) is 18.3 Å². The van der Waals surface area contributed by atoms with E-state index in [2.05, 4.69) is 32.2 Å². The van der Waals surface area contributed by atoms with Gasteiger partial charge >= 0.3 is 0 Å². The second-order valence-electron chi connectivity index (χ2n) is 5.72. The second-order valence-corrected chi connectivity index (χ2v) is 5.72. The van der Waals surface area contributed by atoms with E-state index < -0.39 is 0 Å².